The van der Waals surface area contributed by atoms with Crippen molar-refractivity contribution < 1.29 is 29.1 Å². The summed E-state index contributed by atoms with van der Waals surface area (Å²) in [5, 5.41) is 10.3. The maximum atomic E-state index is 10.3. The predicted molar refractivity (Wildman–Crippen MR) is 96.0 cm³/mol. The second kappa shape index (κ2) is 7.43. The standard InChI is InChI=1S/C20H24N2O4/c1-24-18-4-2-3-16(20(18)23)13-22-9-7-21(8-10-22)12-15-5-6-17-19(11-15)26-14-25-17/h2-6,11,23H,7-10,12-14H2,1H3/p+2. The van der Waals surface area contributed by atoms with Gasteiger partial charge in [0.25, 0.3) is 0 Å². The number of hydrogen-bond acceptors (Lipinski definition) is 4. The van der Waals surface area contributed by atoms with E-state index in [1.165, 1.54) is 10.5 Å². The highest BCUT2D eigenvalue weighted by Crippen LogP contribution is 2.32. The molecule has 0 saturated carbocycles. The Hall–Kier alpha value is -2.44. The number of fused-ring (bicyclic) bond motifs is 1. The molecule has 2 aliphatic heterocycles. The largest absolute Gasteiger partial charge is 0.504 e. The summed E-state index contributed by atoms with van der Waals surface area (Å²) in [5.41, 5.74) is 2.25. The van der Waals surface area contributed by atoms with E-state index < -0.39 is 0 Å². The summed E-state index contributed by atoms with van der Waals surface area (Å²) >= 11 is 0. The van der Waals surface area contributed by atoms with Crippen molar-refractivity contribution in [1.29, 1.82) is 0 Å². The number of methoxy groups -OCH3 is 1. The minimum atomic E-state index is 0.276. The molecular weight excluding hydrogens is 332 g/mol. The van der Waals surface area contributed by atoms with Crippen molar-refractivity contribution in [2.24, 2.45) is 0 Å². The molecule has 0 aromatic heterocycles. The predicted octanol–water partition coefficient (Wildman–Crippen LogP) is -0.387. The zero-order valence-electron chi connectivity index (χ0n) is 15.1. The van der Waals surface area contributed by atoms with Gasteiger partial charge in [0.05, 0.1) is 12.7 Å². The molecule has 1 saturated heterocycles. The van der Waals surface area contributed by atoms with E-state index in [0.29, 0.717) is 12.5 Å². The summed E-state index contributed by atoms with van der Waals surface area (Å²) < 4.78 is 16.1. The monoisotopic (exact) mass is 358 g/mol. The van der Waals surface area contributed by atoms with E-state index in [0.717, 1.165) is 56.3 Å². The van der Waals surface area contributed by atoms with Crippen molar-refractivity contribution in [3.63, 3.8) is 0 Å². The maximum Gasteiger partial charge on any atom is 0.231 e. The van der Waals surface area contributed by atoms with Crippen LogP contribution in [-0.4, -0.2) is 45.2 Å². The number of quaternary nitrogens is 2. The molecule has 2 heterocycles. The molecule has 1 fully saturated rings. The van der Waals surface area contributed by atoms with E-state index in [1.54, 1.807) is 18.1 Å². The van der Waals surface area contributed by atoms with Gasteiger partial charge in [0.2, 0.25) is 6.79 Å². The van der Waals surface area contributed by atoms with Gasteiger partial charge in [-0.3, -0.25) is 0 Å². The molecular formula is C20H26N2O4+2. The third-order valence-electron chi connectivity index (χ3n) is 5.30. The quantitative estimate of drug-likeness (QED) is 0.682. The number of ether oxygens (including phenoxy) is 3. The second-order valence-corrected chi connectivity index (χ2v) is 7.01. The number of phenols is 1. The van der Waals surface area contributed by atoms with Crippen molar-refractivity contribution in [1.82, 2.24) is 0 Å². The Labute approximate surface area is 153 Å². The highest BCUT2D eigenvalue weighted by atomic mass is 16.7. The number of hydrogen-bond donors (Lipinski definition) is 3. The first-order chi connectivity index (χ1) is 12.7. The Morgan fingerprint density at radius 1 is 0.962 bits per heavy atom. The van der Waals surface area contributed by atoms with Crippen LogP contribution in [0.2, 0.25) is 0 Å². The lowest BCUT2D eigenvalue weighted by Crippen LogP contribution is -3.27. The van der Waals surface area contributed by atoms with Crippen LogP contribution in [0.1, 0.15) is 11.1 Å². The van der Waals surface area contributed by atoms with Crippen LogP contribution in [-0.2, 0) is 13.1 Å². The van der Waals surface area contributed by atoms with Gasteiger partial charge < -0.3 is 29.1 Å². The molecule has 0 atom stereocenters. The summed E-state index contributed by atoms with van der Waals surface area (Å²) in [5.74, 6) is 2.53. The topological polar surface area (TPSA) is 56.8 Å². The van der Waals surface area contributed by atoms with Crippen LogP contribution in [0.5, 0.6) is 23.0 Å². The van der Waals surface area contributed by atoms with Gasteiger partial charge in [-0.15, -0.1) is 0 Å². The summed E-state index contributed by atoms with van der Waals surface area (Å²) in [6.07, 6.45) is 0. The number of piperazine rings is 1. The fraction of sp³-hybridized carbons (Fsp3) is 0.400. The van der Waals surface area contributed by atoms with Crippen LogP contribution in [0.25, 0.3) is 0 Å². The molecule has 26 heavy (non-hydrogen) atoms. The van der Waals surface area contributed by atoms with E-state index in [4.69, 9.17) is 14.2 Å². The van der Waals surface area contributed by atoms with E-state index in [1.807, 2.05) is 18.2 Å². The third-order valence-corrected chi connectivity index (χ3v) is 5.30. The molecule has 138 valence electrons. The number of para-hydroxylation sites is 1. The van der Waals surface area contributed by atoms with Crippen molar-refractivity contribution in [3.8, 4) is 23.0 Å². The van der Waals surface area contributed by atoms with Gasteiger partial charge in [-0.25, -0.2) is 0 Å². The fourth-order valence-electron chi connectivity index (χ4n) is 3.79. The summed E-state index contributed by atoms with van der Waals surface area (Å²) in [6, 6.07) is 12.0. The van der Waals surface area contributed by atoms with Crippen LogP contribution in [0, 0.1) is 0 Å². The van der Waals surface area contributed by atoms with Crippen molar-refractivity contribution in [3.05, 3.63) is 47.5 Å². The van der Waals surface area contributed by atoms with E-state index in [9.17, 15) is 5.11 Å². The Balaban J connectivity index is 1.32. The molecule has 0 bridgehead atoms. The molecule has 6 heteroatoms. The lowest BCUT2D eigenvalue weighted by atomic mass is 10.1. The lowest BCUT2D eigenvalue weighted by Gasteiger charge is -2.30. The molecule has 0 spiro atoms. The molecule has 2 aliphatic rings. The molecule has 0 radical (unpaired) electrons. The number of benzene rings is 2. The Morgan fingerprint density at radius 2 is 1.69 bits per heavy atom. The van der Waals surface area contributed by atoms with Crippen molar-refractivity contribution >= 4 is 0 Å². The van der Waals surface area contributed by atoms with Gasteiger partial charge in [-0.2, -0.15) is 0 Å². The van der Waals surface area contributed by atoms with Crippen LogP contribution in [0.15, 0.2) is 36.4 Å². The molecule has 0 unspecified atom stereocenters. The first-order valence-corrected chi connectivity index (χ1v) is 9.13. The zero-order chi connectivity index (χ0) is 17.9. The third kappa shape index (κ3) is 3.57. The van der Waals surface area contributed by atoms with Crippen molar-refractivity contribution in [2.45, 2.75) is 13.1 Å². The van der Waals surface area contributed by atoms with Crippen molar-refractivity contribution in [2.75, 3.05) is 40.1 Å². The van der Waals surface area contributed by atoms with Gasteiger partial charge in [0.15, 0.2) is 23.0 Å². The van der Waals surface area contributed by atoms with Crippen LogP contribution >= 0.6 is 0 Å². The average Bonchev–Trinajstić information content (AvgIpc) is 3.13. The van der Waals surface area contributed by atoms with Gasteiger partial charge in [-0.1, -0.05) is 6.07 Å². The summed E-state index contributed by atoms with van der Waals surface area (Å²) in [6.45, 7) is 6.59. The second-order valence-electron chi connectivity index (χ2n) is 7.01. The molecule has 2 aromatic rings. The first kappa shape index (κ1) is 17.0. The van der Waals surface area contributed by atoms with Gasteiger partial charge in [-0.05, 0) is 30.3 Å². The van der Waals surface area contributed by atoms with Crippen LogP contribution in [0.4, 0.5) is 0 Å². The van der Waals surface area contributed by atoms with E-state index in [2.05, 4.69) is 12.1 Å². The summed E-state index contributed by atoms with van der Waals surface area (Å²) in [7, 11) is 1.59. The number of phenolic OH excluding ortho intramolecular Hbond substituents is 1. The minimum absolute atomic E-state index is 0.276. The summed E-state index contributed by atoms with van der Waals surface area (Å²) in [4.78, 5) is 3.09. The van der Waals surface area contributed by atoms with Crippen LogP contribution < -0.4 is 24.0 Å². The minimum Gasteiger partial charge on any atom is -0.504 e. The number of nitrogens with one attached hydrogen (secondary N) is 2. The molecule has 3 N–H and O–H groups in total. The molecule has 2 aromatic carbocycles. The lowest BCUT2D eigenvalue weighted by molar-refractivity contribution is -1.02. The van der Waals surface area contributed by atoms with E-state index >= 15 is 0 Å². The van der Waals surface area contributed by atoms with Gasteiger partial charge >= 0.3 is 0 Å². The zero-order valence-corrected chi connectivity index (χ0v) is 15.1. The Morgan fingerprint density at radius 3 is 2.46 bits per heavy atom. The smallest absolute Gasteiger partial charge is 0.231 e. The maximum absolute atomic E-state index is 10.3. The van der Waals surface area contributed by atoms with Crippen LogP contribution in [0.3, 0.4) is 0 Å². The van der Waals surface area contributed by atoms with E-state index in [-0.39, 0.29) is 5.75 Å². The number of rotatable bonds is 5. The SMILES string of the molecule is COc1cccc(C[NH+]2CC[NH+](Cc3ccc4c(c3)OCO4)CC2)c1O. The first-order valence-electron chi connectivity index (χ1n) is 9.13. The van der Waals surface area contributed by atoms with Gasteiger partial charge in [0, 0.05) is 5.56 Å². The molecule has 0 amide bonds. The normalized spacial score (nSPS) is 21.6. The molecule has 6 nitrogen and oxygen atoms in total. The Bertz CT molecular complexity index is 772. The highest BCUT2D eigenvalue weighted by Gasteiger charge is 2.25. The molecule has 4 rings (SSSR count). The number of aromatic hydroxyl groups is 1. The van der Waals surface area contributed by atoms with Gasteiger partial charge in [0.1, 0.15) is 39.3 Å². The fourth-order valence-corrected chi connectivity index (χ4v) is 3.79. The highest BCUT2D eigenvalue weighted by molar-refractivity contribution is 5.45. The average molecular weight is 358 g/mol. The molecule has 0 aliphatic carbocycles. The Kier molecular flexibility index (Phi) is 4.86.